The highest BCUT2D eigenvalue weighted by molar-refractivity contribution is 5.74. The van der Waals surface area contributed by atoms with Crippen LogP contribution in [0.3, 0.4) is 0 Å². The van der Waals surface area contributed by atoms with E-state index >= 15 is 0 Å². The van der Waals surface area contributed by atoms with Gasteiger partial charge >= 0.3 is 11.8 Å². The maximum Gasteiger partial charge on any atom is 0.367 e. The van der Waals surface area contributed by atoms with Gasteiger partial charge in [0.2, 0.25) is 0 Å². The van der Waals surface area contributed by atoms with Crippen molar-refractivity contribution in [3.8, 4) is 0 Å². The number of nitrogens with zero attached hydrogens (tertiary/aromatic N) is 2. The summed E-state index contributed by atoms with van der Waals surface area (Å²) in [5, 5.41) is 10.8. The maximum absolute atomic E-state index is 12.7. The van der Waals surface area contributed by atoms with E-state index in [1.807, 2.05) is 0 Å². The molecule has 0 radical (unpaired) electrons. The SMILES string of the molecule is CCOC(=O)Cc1c([N+](=O)[O-])ncc(C(F)F)c1C. The standard InChI is InChI=1S/C11H12F2N2O4/c1-3-19-9(16)4-7-6(2)8(10(12)13)5-14-11(7)15(17)18/h5,10H,3-4H2,1-2H3. The van der Waals surface area contributed by atoms with Crippen LogP contribution in [0.2, 0.25) is 0 Å². The fourth-order valence-corrected chi connectivity index (χ4v) is 1.59. The Morgan fingerprint density at radius 3 is 2.68 bits per heavy atom. The Morgan fingerprint density at radius 1 is 1.58 bits per heavy atom. The van der Waals surface area contributed by atoms with Gasteiger partial charge in [0.1, 0.15) is 6.20 Å². The number of pyridine rings is 1. The van der Waals surface area contributed by atoms with Crippen LogP contribution in [-0.2, 0) is 16.0 Å². The number of carbonyl (C=O) groups is 1. The highest BCUT2D eigenvalue weighted by Crippen LogP contribution is 2.29. The first kappa shape index (κ1) is 14.9. The maximum atomic E-state index is 12.7. The molecule has 0 N–H and O–H groups in total. The van der Waals surface area contributed by atoms with Gasteiger partial charge in [0.15, 0.2) is 0 Å². The van der Waals surface area contributed by atoms with Crippen molar-refractivity contribution in [1.29, 1.82) is 0 Å². The molecule has 0 saturated heterocycles. The summed E-state index contributed by atoms with van der Waals surface area (Å²) in [4.78, 5) is 24.7. The minimum absolute atomic E-state index is 0.00949. The van der Waals surface area contributed by atoms with Crippen LogP contribution in [0.5, 0.6) is 0 Å². The van der Waals surface area contributed by atoms with Gasteiger partial charge in [0.25, 0.3) is 6.43 Å². The van der Waals surface area contributed by atoms with E-state index < -0.39 is 35.1 Å². The molecule has 104 valence electrons. The van der Waals surface area contributed by atoms with Crippen molar-refractivity contribution in [2.75, 3.05) is 6.61 Å². The molecule has 0 atom stereocenters. The molecular weight excluding hydrogens is 262 g/mol. The summed E-state index contributed by atoms with van der Waals surface area (Å²) in [7, 11) is 0. The van der Waals surface area contributed by atoms with E-state index in [1.54, 1.807) is 6.92 Å². The molecular formula is C11H12F2N2O4. The molecule has 0 amide bonds. The van der Waals surface area contributed by atoms with Crippen molar-refractivity contribution in [3.05, 3.63) is 33.0 Å². The molecule has 8 heteroatoms. The summed E-state index contributed by atoms with van der Waals surface area (Å²) in [5.41, 5.74) is -0.573. The molecule has 0 bridgehead atoms. The molecule has 0 unspecified atom stereocenters. The first-order chi connectivity index (χ1) is 8.88. The van der Waals surface area contributed by atoms with Gasteiger partial charge in [-0.2, -0.15) is 0 Å². The number of rotatable bonds is 5. The molecule has 0 aromatic carbocycles. The molecule has 0 aliphatic heterocycles. The van der Waals surface area contributed by atoms with Crippen LogP contribution in [-0.4, -0.2) is 22.5 Å². The van der Waals surface area contributed by atoms with Crippen LogP contribution < -0.4 is 0 Å². The van der Waals surface area contributed by atoms with Gasteiger partial charge < -0.3 is 14.9 Å². The smallest absolute Gasteiger partial charge is 0.367 e. The Bertz CT molecular complexity index is 506. The molecule has 0 spiro atoms. The first-order valence-electron chi connectivity index (χ1n) is 5.45. The molecule has 0 fully saturated rings. The van der Waals surface area contributed by atoms with Gasteiger partial charge in [0.05, 0.1) is 24.2 Å². The van der Waals surface area contributed by atoms with Gasteiger partial charge in [-0.3, -0.25) is 4.79 Å². The molecule has 6 nitrogen and oxygen atoms in total. The lowest BCUT2D eigenvalue weighted by molar-refractivity contribution is -0.390. The highest BCUT2D eigenvalue weighted by atomic mass is 19.3. The number of carbonyl (C=O) groups excluding carboxylic acids is 1. The minimum atomic E-state index is -2.81. The Balaban J connectivity index is 3.26. The highest BCUT2D eigenvalue weighted by Gasteiger charge is 2.26. The summed E-state index contributed by atoms with van der Waals surface area (Å²) in [6, 6.07) is 0. The van der Waals surface area contributed by atoms with E-state index in [-0.39, 0.29) is 17.7 Å². The average molecular weight is 274 g/mol. The third kappa shape index (κ3) is 3.43. The molecule has 19 heavy (non-hydrogen) atoms. The normalized spacial score (nSPS) is 10.6. The van der Waals surface area contributed by atoms with E-state index in [1.165, 1.54) is 6.92 Å². The lowest BCUT2D eigenvalue weighted by atomic mass is 10.0. The number of hydrogen-bond acceptors (Lipinski definition) is 5. The number of hydrogen-bond donors (Lipinski definition) is 0. The van der Waals surface area contributed by atoms with Gasteiger partial charge in [-0.05, 0) is 29.3 Å². The number of aromatic nitrogens is 1. The zero-order valence-electron chi connectivity index (χ0n) is 10.4. The van der Waals surface area contributed by atoms with Crippen molar-refractivity contribution in [2.45, 2.75) is 26.7 Å². The lowest BCUT2D eigenvalue weighted by Crippen LogP contribution is -2.12. The molecule has 1 heterocycles. The second-order valence-corrected chi connectivity index (χ2v) is 3.68. The third-order valence-corrected chi connectivity index (χ3v) is 2.52. The Hall–Kier alpha value is -2.12. The monoisotopic (exact) mass is 274 g/mol. The third-order valence-electron chi connectivity index (χ3n) is 2.52. The number of esters is 1. The number of halogens is 2. The van der Waals surface area contributed by atoms with Gasteiger partial charge in [-0.25, -0.2) is 8.78 Å². The summed E-state index contributed by atoms with van der Waals surface area (Å²) in [6.07, 6.45) is -2.51. The van der Waals surface area contributed by atoms with Crippen molar-refractivity contribution in [1.82, 2.24) is 4.98 Å². The second-order valence-electron chi connectivity index (χ2n) is 3.68. The van der Waals surface area contributed by atoms with Gasteiger partial charge in [-0.1, -0.05) is 0 Å². The molecule has 1 rings (SSSR count). The van der Waals surface area contributed by atoms with E-state index in [4.69, 9.17) is 0 Å². The fraction of sp³-hybridized carbons (Fsp3) is 0.455. The number of alkyl halides is 2. The summed E-state index contributed by atoms with van der Waals surface area (Å²) >= 11 is 0. The molecule has 0 saturated carbocycles. The van der Waals surface area contributed by atoms with Gasteiger partial charge in [-0.15, -0.1) is 0 Å². The van der Waals surface area contributed by atoms with Gasteiger partial charge in [0, 0.05) is 0 Å². The zero-order valence-corrected chi connectivity index (χ0v) is 10.4. The Labute approximate surface area is 107 Å². The molecule has 1 aromatic heterocycles. The predicted octanol–water partition coefficient (Wildman–Crippen LogP) is 2.34. The minimum Gasteiger partial charge on any atom is -0.466 e. The van der Waals surface area contributed by atoms with E-state index in [0.29, 0.717) is 0 Å². The van der Waals surface area contributed by atoms with Crippen LogP contribution >= 0.6 is 0 Å². The Morgan fingerprint density at radius 2 is 2.21 bits per heavy atom. The van der Waals surface area contributed by atoms with Crippen molar-refractivity contribution < 1.29 is 23.2 Å². The number of ether oxygens (including phenoxy) is 1. The summed E-state index contributed by atoms with van der Waals surface area (Å²) < 4.78 is 30.1. The first-order valence-corrected chi connectivity index (χ1v) is 5.45. The lowest BCUT2D eigenvalue weighted by Gasteiger charge is -2.09. The van der Waals surface area contributed by atoms with E-state index in [2.05, 4.69) is 9.72 Å². The van der Waals surface area contributed by atoms with Crippen LogP contribution in [0.15, 0.2) is 6.20 Å². The second kappa shape index (κ2) is 6.17. The quantitative estimate of drug-likeness (QED) is 0.467. The van der Waals surface area contributed by atoms with Crippen molar-refractivity contribution >= 4 is 11.8 Å². The molecule has 0 aliphatic rings. The molecule has 1 aromatic rings. The fourth-order valence-electron chi connectivity index (χ4n) is 1.59. The van der Waals surface area contributed by atoms with Crippen LogP contribution in [0.4, 0.5) is 14.6 Å². The average Bonchev–Trinajstić information content (AvgIpc) is 2.31. The van der Waals surface area contributed by atoms with Crippen molar-refractivity contribution in [3.63, 3.8) is 0 Å². The van der Waals surface area contributed by atoms with Crippen molar-refractivity contribution in [2.24, 2.45) is 0 Å². The largest absolute Gasteiger partial charge is 0.466 e. The zero-order chi connectivity index (χ0) is 14.6. The van der Waals surface area contributed by atoms with E-state index in [0.717, 1.165) is 6.20 Å². The summed E-state index contributed by atoms with van der Waals surface area (Å²) in [6.45, 7) is 2.98. The van der Waals surface area contributed by atoms with Crippen LogP contribution in [0, 0.1) is 17.0 Å². The Kier molecular flexibility index (Phi) is 4.85. The van der Waals surface area contributed by atoms with Crippen LogP contribution in [0.1, 0.15) is 30.0 Å². The predicted molar refractivity (Wildman–Crippen MR) is 60.9 cm³/mol. The van der Waals surface area contributed by atoms with Crippen LogP contribution in [0.25, 0.3) is 0 Å². The number of nitro groups is 1. The topological polar surface area (TPSA) is 82.3 Å². The van der Waals surface area contributed by atoms with E-state index in [9.17, 15) is 23.7 Å². The molecule has 0 aliphatic carbocycles. The summed E-state index contributed by atoms with van der Waals surface area (Å²) in [5.74, 6) is -1.32.